The normalized spacial score (nSPS) is 10.1. The van der Waals surface area contributed by atoms with Crippen molar-refractivity contribution >= 4 is 29.4 Å². The maximum Gasteiger partial charge on any atom is 0.283 e. The summed E-state index contributed by atoms with van der Waals surface area (Å²) < 4.78 is 0. The first kappa shape index (κ1) is 14.7. The minimum Gasteiger partial charge on any atom is -0.298 e. The van der Waals surface area contributed by atoms with Crippen molar-refractivity contribution in [2.75, 3.05) is 0 Å². The van der Waals surface area contributed by atoms with Crippen LogP contribution < -0.4 is 0 Å². The molecule has 2 aromatic carbocycles. The van der Waals surface area contributed by atoms with Gasteiger partial charge in [-0.1, -0.05) is 23.9 Å². The highest BCUT2D eigenvalue weighted by atomic mass is 32.2. The Balaban J connectivity index is 2.39. The quantitative estimate of drug-likeness (QED) is 0.476. The summed E-state index contributed by atoms with van der Waals surface area (Å²) in [4.78, 5) is 32.3. The highest BCUT2D eigenvalue weighted by molar-refractivity contribution is 7.99. The number of hydrogen-bond donors (Lipinski definition) is 0. The van der Waals surface area contributed by atoms with Crippen LogP contribution in [-0.4, -0.2) is 16.1 Å². The molecule has 0 bridgehead atoms. The third-order valence-corrected chi connectivity index (χ3v) is 3.67. The van der Waals surface area contributed by atoms with E-state index in [0.29, 0.717) is 16.1 Å². The van der Waals surface area contributed by atoms with Crippen LogP contribution in [0.2, 0.25) is 0 Å². The Bertz CT molecular complexity index is 732. The van der Waals surface area contributed by atoms with Crippen LogP contribution in [0.15, 0.2) is 52.3 Å². The number of nitro groups is 2. The zero-order chi connectivity index (χ0) is 15.4. The van der Waals surface area contributed by atoms with Crippen LogP contribution in [0, 0.1) is 20.2 Å². The molecule has 7 nitrogen and oxygen atoms in total. The maximum absolute atomic E-state index is 10.9. The van der Waals surface area contributed by atoms with Crippen molar-refractivity contribution < 1.29 is 14.6 Å². The van der Waals surface area contributed by atoms with Crippen molar-refractivity contribution in [3.63, 3.8) is 0 Å². The molecule has 0 aromatic heterocycles. The molecule has 8 heteroatoms. The van der Waals surface area contributed by atoms with Crippen LogP contribution >= 0.6 is 11.8 Å². The predicted molar refractivity (Wildman–Crippen MR) is 75.7 cm³/mol. The highest BCUT2D eigenvalue weighted by Crippen LogP contribution is 2.35. The monoisotopic (exact) mass is 304 g/mol. The Morgan fingerprint density at radius 3 is 2.24 bits per heavy atom. The average molecular weight is 304 g/mol. The maximum atomic E-state index is 10.9. The second-order valence-corrected chi connectivity index (χ2v) is 5.04. The summed E-state index contributed by atoms with van der Waals surface area (Å²) in [5, 5.41) is 21.7. The lowest BCUT2D eigenvalue weighted by molar-refractivity contribution is -0.387. The first-order valence-corrected chi connectivity index (χ1v) is 6.49. The molecular formula is C13H8N2O5S. The lowest BCUT2D eigenvalue weighted by atomic mass is 10.2. The Morgan fingerprint density at radius 2 is 1.62 bits per heavy atom. The van der Waals surface area contributed by atoms with Gasteiger partial charge < -0.3 is 0 Å². The number of aldehydes is 1. The first-order chi connectivity index (χ1) is 10.0. The molecule has 0 spiro atoms. The molecule has 106 valence electrons. The summed E-state index contributed by atoms with van der Waals surface area (Å²) in [5.41, 5.74) is -0.422. The molecule has 2 rings (SSSR count). The second-order valence-electron chi connectivity index (χ2n) is 3.92. The van der Waals surface area contributed by atoms with Crippen molar-refractivity contribution in [1.82, 2.24) is 0 Å². The van der Waals surface area contributed by atoms with E-state index in [4.69, 9.17) is 0 Å². The van der Waals surface area contributed by atoms with Crippen molar-refractivity contribution in [3.05, 3.63) is 68.3 Å². The molecule has 0 N–H and O–H groups in total. The van der Waals surface area contributed by atoms with Gasteiger partial charge in [-0.3, -0.25) is 25.0 Å². The predicted octanol–water partition coefficient (Wildman–Crippen LogP) is 3.47. The zero-order valence-corrected chi connectivity index (χ0v) is 11.3. The number of para-hydroxylation sites is 1. The standard InChI is InChI=1S/C13H8N2O5S/c16-8-9-7-10(5-6-11(9)14(17)18)21-13-4-2-1-3-12(13)15(19)20/h1-8H. The summed E-state index contributed by atoms with van der Waals surface area (Å²) in [5.74, 6) is 0. The summed E-state index contributed by atoms with van der Waals surface area (Å²) in [6.07, 6.45) is 0.390. The summed E-state index contributed by atoms with van der Waals surface area (Å²) in [6.45, 7) is 0. The van der Waals surface area contributed by atoms with Crippen LogP contribution in [0.1, 0.15) is 10.4 Å². The third kappa shape index (κ3) is 3.23. The average Bonchev–Trinajstić information content (AvgIpc) is 2.47. The van der Waals surface area contributed by atoms with E-state index >= 15 is 0 Å². The van der Waals surface area contributed by atoms with Crippen LogP contribution in [-0.2, 0) is 0 Å². The Morgan fingerprint density at radius 1 is 0.952 bits per heavy atom. The van der Waals surface area contributed by atoms with Gasteiger partial charge in [0.2, 0.25) is 0 Å². The number of rotatable bonds is 5. The van der Waals surface area contributed by atoms with Gasteiger partial charge in [-0.2, -0.15) is 0 Å². The van der Waals surface area contributed by atoms with E-state index < -0.39 is 9.85 Å². The molecule has 0 fully saturated rings. The summed E-state index contributed by atoms with van der Waals surface area (Å²) in [7, 11) is 0. The van der Waals surface area contributed by atoms with Crippen LogP contribution in [0.25, 0.3) is 0 Å². The van der Waals surface area contributed by atoms with E-state index in [1.54, 1.807) is 18.2 Å². The Labute approximate surface area is 122 Å². The molecule has 0 saturated carbocycles. The fourth-order valence-corrected chi connectivity index (χ4v) is 2.65. The van der Waals surface area contributed by atoms with Crippen molar-refractivity contribution in [3.8, 4) is 0 Å². The fourth-order valence-electron chi connectivity index (χ4n) is 1.68. The zero-order valence-electron chi connectivity index (χ0n) is 10.5. The van der Waals surface area contributed by atoms with Crippen LogP contribution in [0.4, 0.5) is 11.4 Å². The van der Waals surface area contributed by atoms with Crippen LogP contribution in [0.5, 0.6) is 0 Å². The van der Waals surface area contributed by atoms with Crippen molar-refractivity contribution in [2.24, 2.45) is 0 Å². The van der Waals surface area contributed by atoms with E-state index in [1.165, 1.54) is 24.3 Å². The van der Waals surface area contributed by atoms with Gasteiger partial charge in [0.15, 0.2) is 6.29 Å². The minimum absolute atomic E-state index is 0.0616. The van der Waals surface area contributed by atoms with Gasteiger partial charge in [-0.25, -0.2) is 0 Å². The summed E-state index contributed by atoms with van der Waals surface area (Å²) >= 11 is 1.07. The molecule has 2 aromatic rings. The van der Waals surface area contributed by atoms with Gasteiger partial charge in [-0.15, -0.1) is 0 Å². The van der Waals surface area contributed by atoms with Crippen molar-refractivity contribution in [1.29, 1.82) is 0 Å². The molecule has 0 heterocycles. The number of hydrogen-bond acceptors (Lipinski definition) is 6. The molecule has 0 aliphatic rings. The Kier molecular flexibility index (Phi) is 4.29. The van der Waals surface area contributed by atoms with E-state index in [2.05, 4.69) is 0 Å². The lowest BCUT2D eigenvalue weighted by Gasteiger charge is -2.04. The smallest absolute Gasteiger partial charge is 0.283 e. The molecular weight excluding hydrogens is 296 g/mol. The summed E-state index contributed by atoms with van der Waals surface area (Å²) in [6, 6.07) is 10.1. The number of benzene rings is 2. The van der Waals surface area contributed by atoms with E-state index in [0.717, 1.165) is 11.8 Å². The molecule has 0 amide bonds. The molecule has 0 saturated heterocycles. The van der Waals surface area contributed by atoms with E-state index in [9.17, 15) is 25.0 Å². The Hall–Kier alpha value is -2.74. The van der Waals surface area contributed by atoms with Gasteiger partial charge >= 0.3 is 0 Å². The van der Waals surface area contributed by atoms with E-state index in [1.807, 2.05) is 0 Å². The van der Waals surface area contributed by atoms with Gasteiger partial charge in [0, 0.05) is 17.0 Å². The van der Waals surface area contributed by atoms with Crippen molar-refractivity contribution in [2.45, 2.75) is 9.79 Å². The SMILES string of the molecule is O=Cc1cc(Sc2ccccc2[N+](=O)[O-])ccc1[N+](=O)[O-]. The lowest BCUT2D eigenvalue weighted by Crippen LogP contribution is -1.94. The number of nitro benzene ring substituents is 2. The number of carbonyl (C=O) groups excluding carboxylic acids is 1. The molecule has 0 radical (unpaired) electrons. The van der Waals surface area contributed by atoms with Crippen LogP contribution in [0.3, 0.4) is 0 Å². The fraction of sp³-hybridized carbons (Fsp3) is 0. The topological polar surface area (TPSA) is 103 Å². The molecule has 0 unspecified atom stereocenters. The number of nitrogens with zero attached hydrogens (tertiary/aromatic N) is 2. The third-order valence-electron chi connectivity index (χ3n) is 2.61. The molecule has 0 atom stereocenters. The van der Waals surface area contributed by atoms with Gasteiger partial charge in [-0.05, 0) is 18.2 Å². The first-order valence-electron chi connectivity index (χ1n) is 5.68. The minimum atomic E-state index is -0.650. The van der Waals surface area contributed by atoms with E-state index in [-0.39, 0.29) is 16.9 Å². The second kappa shape index (κ2) is 6.14. The van der Waals surface area contributed by atoms with Gasteiger partial charge in [0.05, 0.1) is 20.3 Å². The highest BCUT2D eigenvalue weighted by Gasteiger charge is 2.17. The largest absolute Gasteiger partial charge is 0.298 e. The molecule has 0 aliphatic carbocycles. The van der Waals surface area contributed by atoms with Gasteiger partial charge in [0.1, 0.15) is 0 Å². The van der Waals surface area contributed by atoms with Gasteiger partial charge in [0.25, 0.3) is 11.4 Å². The molecule has 21 heavy (non-hydrogen) atoms. The molecule has 0 aliphatic heterocycles. The number of carbonyl (C=O) groups is 1.